The Labute approximate surface area is 133 Å². The van der Waals surface area contributed by atoms with E-state index in [0.29, 0.717) is 13.1 Å². The van der Waals surface area contributed by atoms with Crippen LogP contribution in [-0.4, -0.2) is 29.3 Å². The highest BCUT2D eigenvalue weighted by Crippen LogP contribution is 2.30. The maximum Gasteiger partial charge on any atom is 0.295 e. The van der Waals surface area contributed by atoms with Gasteiger partial charge in [-0.15, -0.1) is 0 Å². The number of benzene rings is 2. The number of nitrogens with one attached hydrogen (secondary N) is 1. The van der Waals surface area contributed by atoms with Gasteiger partial charge in [-0.1, -0.05) is 36.4 Å². The molecule has 0 spiro atoms. The van der Waals surface area contributed by atoms with Crippen molar-refractivity contribution in [2.75, 3.05) is 18.9 Å². The average Bonchev–Trinajstić information content (AvgIpc) is 2.54. The molecule has 0 bridgehead atoms. The number of nitrogens with two attached hydrogens (primary N) is 1. The first-order valence-corrected chi connectivity index (χ1v) is 7.16. The molecule has 1 unspecified atom stereocenters. The molecular formula is C16H19N3O4. The third kappa shape index (κ3) is 4.94. The molecule has 2 rings (SSSR count). The summed E-state index contributed by atoms with van der Waals surface area (Å²) in [5, 5.41) is 23.8. The van der Waals surface area contributed by atoms with E-state index in [1.54, 1.807) is 0 Å². The largest absolute Gasteiger partial charge is 0.488 e. The average molecular weight is 317 g/mol. The zero-order valence-electron chi connectivity index (χ0n) is 12.5. The number of nitrogen functional groups attached to an aromatic ring is 1. The molecule has 0 saturated heterocycles. The standard InChI is InChI=1S/C16H19N3O4/c17-16-14(19(21)22)7-4-8-15(16)23-11-13(20)10-18-9-12-5-2-1-3-6-12/h1-8,13,18,20H,9-11,17H2. The van der Waals surface area contributed by atoms with E-state index in [0.717, 1.165) is 5.56 Å². The lowest BCUT2D eigenvalue weighted by Gasteiger charge is -2.14. The van der Waals surface area contributed by atoms with Crippen LogP contribution in [0.1, 0.15) is 5.56 Å². The summed E-state index contributed by atoms with van der Waals surface area (Å²) in [7, 11) is 0. The van der Waals surface area contributed by atoms with Crippen LogP contribution in [0.3, 0.4) is 0 Å². The van der Waals surface area contributed by atoms with Gasteiger partial charge in [0.15, 0.2) is 5.69 Å². The fraction of sp³-hybridized carbons (Fsp3) is 0.250. The Hall–Kier alpha value is -2.64. The van der Waals surface area contributed by atoms with Crippen LogP contribution >= 0.6 is 0 Å². The van der Waals surface area contributed by atoms with Crippen molar-refractivity contribution in [3.63, 3.8) is 0 Å². The number of aliphatic hydroxyl groups is 1. The molecule has 0 saturated carbocycles. The Kier molecular flexibility index (Phi) is 5.90. The Balaban J connectivity index is 1.79. The Morgan fingerprint density at radius 2 is 1.96 bits per heavy atom. The highest BCUT2D eigenvalue weighted by molar-refractivity contribution is 5.66. The number of nitro benzene ring substituents is 1. The summed E-state index contributed by atoms with van der Waals surface area (Å²) >= 11 is 0. The molecule has 0 heterocycles. The number of rotatable bonds is 8. The van der Waals surface area contributed by atoms with Gasteiger partial charge >= 0.3 is 0 Å². The van der Waals surface area contributed by atoms with Crippen molar-refractivity contribution in [3.8, 4) is 5.75 Å². The van der Waals surface area contributed by atoms with Crippen molar-refractivity contribution in [1.29, 1.82) is 0 Å². The number of aliphatic hydroxyl groups excluding tert-OH is 1. The van der Waals surface area contributed by atoms with Crippen molar-refractivity contribution >= 4 is 11.4 Å². The normalized spacial score (nSPS) is 11.9. The van der Waals surface area contributed by atoms with Crippen LogP contribution in [-0.2, 0) is 6.54 Å². The van der Waals surface area contributed by atoms with E-state index >= 15 is 0 Å². The summed E-state index contributed by atoms with van der Waals surface area (Å²) in [4.78, 5) is 10.2. The number of nitro groups is 1. The smallest absolute Gasteiger partial charge is 0.295 e. The summed E-state index contributed by atoms with van der Waals surface area (Å²) in [5.41, 5.74) is 6.55. The molecule has 122 valence electrons. The zero-order chi connectivity index (χ0) is 16.7. The predicted octanol–water partition coefficient (Wildman–Crippen LogP) is 1.71. The van der Waals surface area contributed by atoms with Gasteiger partial charge in [-0.3, -0.25) is 10.1 Å². The van der Waals surface area contributed by atoms with Crippen LogP contribution in [0.2, 0.25) is 0 Å². The monoisotopic (exact) mass is 317 g/mol. The summed E-state index contributed by atoms with van der Waals surface area (Å²) < 4.78 is 5.37. The second kappa shape index (κ2) is 8.11. The van der Waals surface area contributed by atoms with E-state index in [2.05, 4.69) is 5.32 Å². The summed E-state index contributed by atoms with van der Waals surface area (Å²) in [6.07, 6.45) is -0.752. The maximum absolute atomic E-state index is 10.8. The Morgan fingerprint density at radius 1 is 1.22 bits per heavy atom. The third-order valence-electron chi connectivity index (χ3n) is 3.22. The molecule has 0 amide bonds. The minimum Gasteiger partial charge on any atom is -0.488 e. The molecule has 1 atom stereocenters. The van der Waals surface area contributed by atoms with Crippen LogP contribution in [0.4, 0.5) is 11.4 Å². The fourth-order valence-electron chi connectivity index (χ4n) is 2.04. The molecule has 0 aromatic heterocycles. The topological polar surface area (TPSA) is 111 Å². The lowest BCUT2D eigenvalue weighted by Crippen LogP contribution is -2.31. The minimum atomic E-state index is -0.752. The van der Waals surface area contributed by atoms with Gasteiger partial charge in [0.2, 0.25) is 0 Å². The van der Waals surface area contributed by atoms with Gasteiger partial charge < -0.3 is 20.9 Å². The summed E-state index contributed by atoms with van der Waals surface area (Å²) in [6.45, 7) is 0.966. The summed E-state index contributed by atoms with van der Waals surface area (Å²) in [5.74, 6) is 0.196. The molecule has 0 aliphatic heterocycles. The van der Waals surface area contributed by atoms with Crippen LogP contribution in [0.5, 0.6) is 5.75 Å². The molecule has 2 aromatic rings. The second-order valence-electron chi connectivity index (χ2n) is 5.03. The molecule has 23 heavy (non-hydrogen) atoms. The number of nitrogens with zero attached hydrogens (tertiary/aromatic N) is 1. The van der Waals surface area contributed by atoms with E-state index in [4.69, 9.17) is 10.5 Å². The number of hydrogen-bond acceptors (Lipinski definition) is 6. The summed E-state index contributed by atoms with van der Waals surface area (Å²) in [6, 6.07) is 14.1. The lowest BCUT2D eigenvalue weighted by molar-refractivity contribution is -0.384. The molecule has 2 aromatic carbocycles. The van der Waals surface area contributed by atoms with Crippen LogP contribution in [0.15, 0.2) is 48.5 Å². The molecular weight excluding hydrogens is 298 g/mol. The van der Waals surface area contributed by atoms with Crippen molar-refractivity contribution < 1.29 is 14.8 Å². The first-order chi connectivity index (χ1) is 11.1. The van der Waals surface area contributed by atoms with Gasteiger partial charge in [0.25, 0.3) is 5.69 Å². The molecule has 0 fully saturated rings. The van der Waals surface area contributed by atoms with Crippen LogP contribution < -0.4 is 15.8 Å². The first-order valence-electron chi connectivity index (χ1n) is 7.16. The van der Waals surface area contributed by atoms with E-state index in [9.17, 15) is 15.2 Å². The van der Waals surface area contributed by atoms with Gasteiger partial charge in [-0.05, 0) is 11.6 Å². The van der Waals surface area contributed by atoms with E-state index in [1.807, 2.05) is 30.3 Å². The van der Waals surface area contributed by atoms with Crippen molar-refractivity contribution in [3.05, 3.63) is 64.2 Å². The molecule has 0 aliphatic rings. The highest BCUT2D eigenvalue weighted by atomic mass is 16.6. The van der Waals surface area contributed by atoms with Gasteiger partial charge in [-0.2, -0.15) is 0 Å². The number of para-hydroxylation sites is 1. The number of anilines is 1. The molecule has 0 aliphatic carbocycles. The SMILES string of the molecule is Nc1c(OCC(O)CNCc2ccccc2)cccc1[N+](=O)[O-]. The molecule has 4 N–H and O–H groups in total. The van der Waals surface area contributed by atoms with Gasteiger partial charge in [0, 0.05) is 19.2 Å². The highest BCUT2D eigenvalue weighted by Gasteiger charge is 2.16. The van der Waals surface area contributed by atoms with Crippen LogP contribution in [0, 0.1) is 10.1 Å². The van der Waals surface area contributed by atoms with Gasteiger partial charge in [0.1, 0.15) is 18.5 Å². The van der Waals surface area contributed by atoms with Gasteiger partial charge in [0.05, 0.1) is 4.92 Å². The third-order valence-corrected chi connectivity index (χ3v) is 3.22. The van der Waals surface area contributed by atoms with Crippen molar-refractivity contribution in [2.24, 2.45) is 0 Å². The van der Waals surface area contributed by atoms with E-state index in [-0.39, 0.29) is 23.7 Å². The molecule has 7 nitrogen and oxygen atoms in total. The lowest BCUT2D eigenvalue weighted by atomic mass is 10.2. The number of ether oxygens (including phenoxy) is 1. The van der Waals surface area contributed by atoms with E-state index < -0.39 is 11.0 Å². The molecule has 0 radical (unpaired) electrons. The minimum absolute atomic E-state index is 0.00679. The van der Waals surface area contributed by atoms with Gasteiger partial charge in [-0.25, -0.2) is 0 Å². The van der Waals surface area contributed by atoms with Crippen LogP contribution in [0.25, 0.3) is 0 Å². The molecule has 7 heteroatoms. The van der Waals surface area contributed by atoms with Crippen molar-refractivity contribution in [1.82, 2.24) is 5.32 Å². The van der Waals surface area contributed by atoms with E-state index in [1.165, 1.54) is 18.2 Å². The fourth-order valence-corrected chi connectivity index (χ4v) is 2.04. The Morgan fingerprint density at radius 3 is 2.65 bits per heavy atom. The Bertz CT molecular complexity index is 649. The quantitative estimate of drug-likeness (QED) is 0.388. The first kappa shape index (κ1) is 16.7. The van der Waals surface area contributed by atoms with Crippen molar-refractivity contribution in [2.45, 2.75) is 12.6 Å². The second-order valence-corrected chi connectivity index (χ2v) is 5.03. The maximum atomic E-state index is 10.8. The zero-order valence-corrected chi connectivity index (χ0v) is 12.5. The predicted molar refractivity (Wildman–Crippen MR) is 87.2 cm³/mol. The number of hydrogen-bond donors (Lipinski definition) is 3.